The van der Waals surface area contributed by atoms with Crippen LogP contribution in [0.5, 0.6) is 0 Å². The molecule has 0 aliphatic heterocycles. The van der Waals surface area contributed by atoms with E-state index in [2.05, 4.69) is 228 Å². The predicted octanol–water partition coefficient (Wildman–Crippen LogP) is 15.1. The lowest BCUT2D eigenvalue weighted by molar-refractivity contribution is 1.01. The lowest BCUT2D eigenvalue weighted by atomic mass is 9.93. The number of fused-ring (bicyclic) bond motifs is 10. The molecule has 0 unspecified atom stereocenters. The molecule has 0 N–H and O–H groups in total. The molecule has 0 fully saturated rings. The summed E-state index contributed by atoms with van der Waals surface area (Å²) in [5.74, 6) is 0.643. The van der Waals surface area contributed by atoms with Gasteiger partial charge in [0, 0.05) is 43.6 Å². The van der Waals surface area contributed by atoms with Crippen molar-refractivity contribution in [2.75, 3.05) is 0 Å². The Morgan fingerprint density at radius 1 is 0.290 bits per heavy atom. The summed E-state index contributed by atoms with van der Waals surface area (Å²) < 4.78 is 4.69. The van der Waals surface area contributed by atoms with Gasteiger partial charge in [0.15, 0.2) is 0 Å². The fraction of sp³-hybridized carbons (Fsp3) is 0. The zero-order chi connectivity index (χ0) is 40.7. The molecular weight excluding hydrogens is 753 g/mol. The van der Waals surface area contributed by atoms with E-state index in [0.717, 1.165) is 60.6 Å². The Bertz CT molecular complexity index is 3920. The first-order valence-electron chi connectivity index (χ1n) is 21.2. The molecule has 0 atom stereocenters. The third kappa shape index (κ3) is 5.14. The Balaban J connectivity index is 1.07. The van der Waals surface area contributed by atoms with Crippen LogP contribution in [0.15, 0.2) is 218 Å². The first kappa shape index (κ1) is 34.5. The van der Waals surface area contributed by atoms with Gasteiger partial charge in [0.2, 0.25) is 5.95 Å². The largest absolute Gasteiger partial charge is 0.309 e. The summed E-state index contributed by atoms with van der Waals surface area (Å²) in [4.78, 5) is 10.9. The van der Waals surface area contributed by atoms with Crippen LogP contribution in [0.25, 0.3) is 121 Å². The molecule has 0 aliphatic carbocycles. The Morgan fingerprint density at radius 3 is 1.56 bits per heavy atom. The van der Waals surface area contributed by atoms with Crippen molar-refractivity contribution in [3.05, 3.63) is 218 Å². The first-order valence-corrected chi connectivity index (χ1v) is 21.2. The third-order valence-corrected chi connectivity index (χ3v) is 12.7. The van der Waals surface area contributed by atoms with Gasteiger partial charge in [-0.05, 0) is 80.9 Å². The molecule has 0 bridgehead atoms. The fourth-order valence-electron chi connectivity index (χ4n) is 10.0. The van der Waals surface area contributed by atoms with E-state index in [0.29, 0.717) is 5.95 Å². The molecule has 13 rings (SSSR count). The van der Waals surface area contributed by atoms with E-state index in [1.165, 1.54) is 54.7 Å². The molecule has 288 valence electrons. The molecular formula is C58H36N4. The standard InChI is InChI=1S/C58H36N4/c1-3-17-37(18-4-1)40-33-34-47(42-22-8-7-21-41(40)42)56-49-27-11-14-28-52(49)59-58(60-56)62-54-30-16-12-24-44(54)46-32-31-38(35-55(46)62)50-36-51-45-25-13-15-29-53(45)61(39-19-5-2-6-20-39)57(51)48-26-10-9-23-43(48)50/h1-36H. The second kappa shape index (κ2) is 13.6. The Kier molecular flexibility index (Phi) is 7.57. The van der Waals surface area contributed by atoms with Crippen LogP contribution in [0, 0.1) is 0 Å². The van der Waals surface area contributed by atoms with Crippen molar-refractivity contribution in [2.24, 2.45) is 0 Å². The average Bonchev–Trinajstić information content (AvgIpc) is 3.86. The summed E-state index contributed by atoms with van der Waals surface area (Å²) in [5.41, 5.74) is 13.3. The Hall–Kier alpha value is -8.34. The zero-order valence-electron chi connectivity index (χ0n) is 33.6. The highest BCUT2D eigenvalue weighted by Gasteiger charge is 2.22. The van der Waals surface area contributed by atoms with Crippen LogP contribution >= 0.6 is 0 Å². The Morgan fingerprint density at radius 2 is 0.823 bits per heavy atom. The number of aromatic nitrogens is 4. The highest BCUT2D eigenvalue weighted by molar-refractivity contribution is 6.22. The van der Waals surface area contributed by atoms with Crippen molar-refractivity contribution in [2.45, 2.75) is 0 Å². The smallest absolute Gasteiger partial charge is 0.235 e. The number of rotatable bonds is 5. The van der Waals surface area contributed by atoms with Crippen LogP contribution in [-0.2, 0) is 0 Å². The van der Waals surface area contributed by atoms with Gasteiger partial charge in [-0.25, -0.2) is 9.97 Å². The highest BCUT2D eigenvalue weighted by Crippen LogP contribution is 2.44. The first-order chi connectivity index (χ1) is 30.8. The molecule has 4 heteroatoms. The molecule has 3 heterocycles. The van der Waals surface area contributed by atoms with Gasteiger partial charge in [0.05, 0.1) is 33.3 Å². The molecule has 4 nitrogen and oxygen atoms in total. The van der Waals surface area contributed by atoms with Gasteiger partial charge < -0.3 is 4.57 Å². The quantitative estimate of drug-likeness (QED) is 0.174. The number of nitrogens with zero attached hydrogens (tertiary/aromatic N) is 4. The second-order valence-corrected chi connectivity index (χ2v) is 16.1. The molecule has 3 aromatic heterocycles. The SMILES string of the molecule is c1ccc(-c2ccc(-c3nc(-n4c5ccccc5c5ccc(-c6cc7c8ccccc8n(-c8ccccc8)c7c7ccccc67)cc54)nc4ccccc34)c3ccccc23)cc1. The molecule has 13 aromatic rings. The van der Waals surface area contributed by atoms with E-state index >= 15 is 0 Å². The molecule has 0 spiro atoms. The summed E-state index contributed by atoms with van der Waals surface area (Å²) >= 11 is 0. The van der Waals surface area contributed by atoms with Crippen LogP contribution in [0.2, 0.25) is 0 Å². The van der Waals surface area contributed by atoms with Crippen molar-refractivity contribution in [1.29, 1.82) is 0 Å². The van der Waals surface area contributed by atoms with Gasteiger partial charge in [-0.1, -0.05) is 176 Å². The van der Waals surface area contributed by atoms with Gasteiger partial charge in [0.1, 0.15) is 0 Å². The van der Waals surface area contributed by atoms with Crippen LogP contribution in [0.4, 0.5) is 0 Å². The fourth-order valence-corrected chi connectivity index (χ4v) is 10.0. The van der Waals surface area contributed by atoms with Crippen molar-refractivity contribution >= 4 is 76.1 Å². The summed E-state index contributed by atoms with van der Waals surface area (Å²) in [6.07, 6.45) is 0. The van der Waals surface area contributed by atoms with Crippen molar-refractivity contribution in [3.8, 4) is 45.1 Å². The highest BCUT2D eigenvalue weighted by atomic mass is 15.2. The minimum absolute atomic E-state index is 0.643. The van der Waals surface area contributed by atoms with Crippen molar-refractivity contribution in [1.82, 2.24) is 19.1 Å². The van der Waals surface area contributed by atoms with Crippen LogP contribution in [0.3, 0.4) is 0 Å². The monoisotopic (exact) mass is 788 g/mol. The van der Waals surface area contributed by atoms with Crippen LogP contribution < -0.4 is 0 Å². The maximum Gasteiger partial charge on any atom is 0.235 e. The van der Waals surface area contributed by atoms with Crippen LogP contribution in [0.1, 0.15) is 0 Å². The van der Waals surface area contributed by atoms with E-state index in [9.17, 15) is 0 Å². The molecule has 10 aromatic carbocycles. The van der Waals surface area contributed by atoms with Crippen molar-refractivity contribution < 1.29 is 0 Å². The van der Waals surface area contributed by atoms with Gasteiger partial charge in [0.25, 0.3) is 0 Å². The minimum Gasteiger partial charge on any atom is -0.309 e. The van der Waals surface area contributed by atoms with E-state index in [4.69, 9.17) is 9.97 Å². The van der Waals surface area contributed by atoms with Gasteiger partial charge in [-0.2, -0.15) is 0 Å². The molecule has 0 radical (unpaired) electrons. The second-order valence-electron chi connectivity index (χ2n) is 16.1. The van der Waals surface area contributed by atoms with Crippen LogP contribution in [-0.4, -0.2) is 19.1 Å². The molecule has 0 saturated carbocycles. The van der Waals surface area contributed by atoms with Gasteiger partial charge in [-0.3, -0.25) is 4.57 Å². The van der Waals surface area contributed by atoms with E-state index in [1.807, 2.05) is 0 Å². The maximum atomic E-state index is 5.57. The summed E-state index contributed by atoms with van der Waals surface area (Å²) in [5, 5.41) is 10.6. The number of benzene rings is 10. The maximum absolute atomic E-state index is 5.57. The number of para-hydroxylation sites is 4. The molecule has 0 saturated heterocycles. The molecule has 0 aliphatic rings. The van der Waals surface area contributed by atoms with E-state index in [1.54, 1.807) is 0 Å². The average molecular weight is 789 g/mol. The van der Waals surface area contributed by atoms with Gasteiger partial charge >= 0.3 is 0 Å². The Labute approximate surface area is 357 Å². The minimum atomic E-state index is 0.643. The predicted molar refractivity (Wildman–Crippen MR) is 260 cm³/mol. The van der Waals surface area contributed by atoms with E-state index < -0.39 is 0 Å². The molecule has 62 heavy (non-hydrogen) atoms. The van der Waals surface area contributed by atoms with Crippen molar-refractivity contribution in [3.63, 3.8) is 0 Å². The number of hydrogen-bond acceptors (Lipinski definition) is 2. The normalized spacial score (nSPS) is 11.9. The number of hydrogen-bond donors (Lipinski definition) is 0. The third-order valence-electron chi connectivity index (χ3n) is 12.7. The lowest BCUT2D eigenvalue weighted by Gasteiger charge is -2.15. The molecule has 0 amide bonds. The summed E-state index contributed by atoms with van der Waals surface area (Å²) in [6.45, 7) is 0. The summed E-state index contributed by atoms with van der Waals surface area (Å²) in [6, 6.07) is 78.5. The van der Waals surface area contributed by atoms with Gasteiger partial charge in [-0.15, -0.1) is 0 Å². The lowest BCUT2D eigenvalue weighted by Crippen LogP contribution is -2.03. The summed E-state index contributed by atoms with van der Waals surface area (Å²) in [7, 11) is 0. The zero-order valence-corrected chi connectivity index (χ0v) is 33.6. The topological polar surface area (TPSA) is 35.6 Å². The van der Waals surface area contributed by atoms with E-state index in [-0.39, 0.29) is 0 Å².